The van der Waals surface area contributed by atoms with Crippen LogP contribution in [0.3, 0.4) is 0 Å². The summed E-state index contributed by atoms with van der Waals surface area (Å²) >= 11 is 0. The van der Waals surface area contributed by atoms with E-state index in [2.05, 4.69) is 22.2 Å². The fourth-order valence-electron chi connectivity index (χ4n) is 3.03. The lowest BCUT2D eigenvalue weighted by molar-refractivity contribution is -0.121. The number of nitrogens with one attached hydrogen (secondary N) is 1. The van der Waals surface area contributed by atoms with Crippen molar-refractivity contribution in [1.82, 2.24) is 20.2 Å². The number of carbonyl (C=O) groups is 2. The number of carbonyl (C=O) groups excluding carboxylic acids is 2. The highest BCUT2D eigenvalue weighted by Gasteiger charge is 2.18. The van der Waals surface area contributed by atoms with Crippen LogP contribution >= 0.6 is 0 Å². The Morgan fingerprint density at radius 1 is 1.00 bits per heavy atom. The Morgan fingerprint density at radius 2 is 1.79 bits per heavy atom. The molecular weight excluding hydrogens is 364 g/mol. The van der Waals surface area contributed by atoms with E-state index in [1.807, 2.05) is 37.3 Å². The van der Waals surface area contributed by atoms with E-state index in [0.29, 0.717) is 25.3 Å². The molecule has 0 unspecified atom stereocenters. The van der Waals surface area contributed by atoms with Crippen LogP contribution in [0.4, 0.5) is 0 Å². The van der Waals surface area contributed by atoms with E-state index in [1.54, 1.807) is 11.1 Å². The number of aromatic nitrogens is 2. The van der Waals surface area contributed by atoms with Gasteiger partial charge < -0.3 is 10.2 Å². The lowest BCUT2D eigenvalue weighted by Crippen LogP contribution is -2.36. The lowest BCUT2D eigenvalue weighted by Gasteiger charge is -2.22. The van der Waals surface area contributed by atoms with Crippen LogP contribution in [0.25, 0.3) is 0 Å². The molecule has 2 rings (SSSR count). The van der Waals surface area contributed by atoms with Gasteiger partial charge in [-0.25, -0.2) is 4.98 Å². The minimum atomic E-state index is -0.161. The lowest BCUT2D eigenvalue weighted by atomic mass is 10.1. The third-order valence-electron chi connectivity index (χ3n) is 4.76. The van der Waals surface area contributed by atoms with Crippen molar-refractivity contribution < 1.29 is 9.59 Å². The van der Waals surface area contributed by atoms with Crippen LogP contribution in [-0.2, 0) is 11.2 Å². The maximum Gasteiger partial charge on any atom is 0.274 e. The average molecular weight is 397 g/mol. The zero-order chi connectivity index (χ0) is 20.9. The summed E-state index contributed by atoms with van der Waals surface area (Å²) in [5.74, 6) is -0.201. The van der Waals surface area contributed by atoms with Gasteiger partial charge in [-0.15, -0.1) is 0 Å². The van der Waals surface area contributed by atoms with Crippen LogP contribution in [0.1, 0.15) is 60.8 Å². The average Bonchev–Trinajstić information content (AvgIpc) is 2.74. The fourth-order valence-corrected chi connectivity index (χ4v) is 3.03. The summed E-state index contributed by atoms with van der Waals surface area (Å²) in [7, 11) is 0. The molecule has 1 aromatic carbocycles. The van der Waals surface area contributed by atoms with Crippen LogP contribution in [-0.4, -0.2) is 46.3 Å². The summed E-state index contributed by atoms with van der Waals surface area (Å²) < 4.78 is 0. The van der Waals surface area contributed by atoms with Gasteiger partial charge in [-0.3, -0.25) is 14.6 Å². The fraction of sp³-hybridized carbons (Fsp3) is 0.478. The van der Waals surface area contributed by atoms with Gasteiger partial charge in [0.05, 0.1) is 11.9 Å². The summed E-state index contributed by atoms with van der Waals surface area (Å²) in [4.78, 5) is 35.2. The third-order valence-corrected chi connectivity index (χ3v) is 4.76. The normalized spacial score (nSPS) is 10.6. The first kappa shape index (κ1) is 22.5. The standard InChI is InChI=1S/C23H32N4O2/c1-3-4-5-9-15-27(23(29)21-18-25-19(2)17-26-21)16-13-22(28)24-14-12-20-10-7-6-8-11-20/h6-8,10-11,17-18H,3-5,9,12-16H2,1-2H3,(H,24,28). The molecule has 1 heterocycles. The third kappa shape index (κ3) is 8.42. The highest BCUT2D eigenvalue weighted by atomic mass is 16.2. The van der Waals surface area contributed by atoms with Crippen molar-refractivity contribution in [3.63, 3.8) is 0 Å². The molecular formula is C23H32N4O2. The van der Waals surface area contributed by atoms with E-state index in [0.717, 1.165) is 37.8 Å². The van der Waals surface area contributed by atoms with Crippen LogP contribution in [0.15, 0.2) is 42.7 Å². The van der Waals surface area contributed by atoms with Crippen molar-refractivity contribution in [2.45, 2.75) is 52.4 Å². The van der Waals surface area contributed by atoms with Gasteiger partial charge in [-0.05, 0) is 25.3 Å². The molecule has 6 nitrogen and oxygen atoms in total. The monoisotopic (exact) mass is 396 g/mol. The second-order valence-electron chi connectivity index (χ2n) is 7.23. The molecule has 0 aliphatic rings. The van der Waals surface area contributed by atoms with Gasteiger partial charge in [0.1, 0.15) is 5.69 Å². The molecule has 29 heavy (non-hydrogen) atoms. The number of hydrogen-bond donors (Lipinski definition) is 1. The zero-order valence-electron chi connectivity index (χ0n) is 17.6. The van der Waals surface area contributed by atoms with Gasteiger partial charge in [0.25, 0.3) is 5.91 Å². The summed E-state index contributed by atoms with van der Waals surface area (Å²) in [5, 5.41) is 2.94. The first-order valence-corrected chi connectivity index (χ1v) is 10.5. The van der Waals surface area contributed by atoms with Gasteiger partial charge in [0, 0.05) is 32.3 Å². The molecule has 0 atom stereocenters. The molecule has 0 aliphatic carbocycles. The van der Waals surface area contributed by atoms with Crippen LogP contribution in [0, 0.1) is 6.92 Å². The second kappa shape index (κ2) is 12.6. The Hall–Kier alpha value is -2.76. The van der Waals surface area contributed by atoms with E-state index in [4.69, 9.17) is 0 Å². The minimum Gasteiger partial charge on any atom is -0.356 e. The number of aryl methyl sites for hydroxylation is 1. The van der Waals surface area contributed by atoms with Crippen LogP contribution in [0.2, 0.25) is 0 Å². The van der Waals surface area contributed by atoms with Crippen molar-refractivity contribution >= 4 is 11.8 Å². The van der Waals surface area contributed by atoms with Gasteiger partial charge in [-0.1, -0.05) is 56.5 Å². The molecule has 0 saturated carbocycles. The number of amides is 2. The quantitative estimate of drug-likeness (QED) is 0.557. The Balaban J connectivity index is 1.84. The Bertz CT molecular complexity index is 747. The van der Waals surface area contributed by atoms with Gasteiger partial charge in [-0.2, -0.15) is 0 Å². The van der Waals surface area contributed by atoms with Crippen molar-refractivity contribution in [3.05, 3.63) is 59.7 Å². The highest BCUT2D eigenvalue weighted by Crippen LogP contribution is 2.07. The summed E-state index contributed by atoms with van der Waals surface area (Å²) in [6.45, 7) is 5.61. The zero-order valence-corrected chi connectivity index (χ0v) is 17.6. The number of rotatable bonds is 12. The van der Waals surface area contributed by atoms with E-state index in [1.165, 1.54) is 11.8 Å². The summed E-state index contributed by atoms with van der Waals surface area (Å²) in [5.41, 5.74) is 2.29. The van der Waals surface area contributed by atoms with Gasteiger partial charge >= 0.3 is 0 Å². The summed E-state index contributed by atoms with van der Waals surface area (Å²) in [6, 6.07) is 10.1. The SMILES string of the molecule is CCCCCCN(CCC(=O)NCCc1ccccc1)C(=O)c1cnc(C)cn1. The van der Waals surface area contributed by atoms with Gasteiger partial charge in [0.15, 0.2) is 0 Å². The predicted octanol–water partition coefficient (Wildman–Crippen LogP) is 3.56. The Kier molecular flexibility index (Phi) is 9.83. The molecule has 156 valence electrons. The van der Waals surface area contributed by atoms with Crippen molar-refractivity contribution in [2.24, 2.45) is 0 Å². The topological polar surface area (TPSA) is 75.2 Å². The van der Waals surface area contributed by atoms with Crippen LogP contribution in [0.5, 0.6) is 0 Å². The Morgan fingerprint density at radius 3 is 2.48 bits per heavy atom. The van der Waals surface area contributed by atoms with Crippen LogP contribution < -0.4 is 5.32 Å². The first-order valence-electron chi connectivity index (χ1n) is 10.5. The molecule has 6 heteroatoms. The molecule has 2 amide bonds. The molecule has 2 aromatic rings. The van der Waals surface area contributed by atoms with Gasteiger partial charge in [0.2, 0.25) is 5.91 Å². The first-order chi connectivity index (χ1) is 14.1. The van der Waals surface area contributed by atoms with Crippen molar-refractivity contribution in [3.8, 4) is 0 Å². The highest BCUT2D eigenvalue weighted by molar-refractivity contribution is 5.92. The molecule has 0 fully saturated rings. The predicted molar refractivity (Wildman–Crippen MR) is 115 cm³/mol. The Labute approximate surface area is 173 Å². The second-order valence-corrected chi connectivity index (χ2v) is 7.23. The number of hydrogen-bond acceptors (Lipinski definition) is 4. The minimum absolute atomic E-state index is 0.0396. The van der Waals surface area contributed by atoms with E-state index in [9.17, 15) is 9.59 Å². The van der Waals surface area contributed by atoms with E-state index in [-0.39, 0.29) is 18.2 Å². The summed E-state index contributed by atoms with van der Waals surface area (Å²) in [6.07, 6.45) is 8.47. The smallest absolute Gasteiger partial charge is 0.274 e. The largest absolute Gasteiger partial charge is 0.356 e. The van der Waals surface area contributed by atoms with Crippen molar-refractivity contribution in [2.75, 3.05) is 19.6 Å². The number of nitrogens with zero attached hydrogens (tertiary/aromatic N) is 3. The molecule has 0 radical (unpaired) electrons. The van der Waals surface area contributed by atoms with E-state index < -0.39 is 0 Å². The molecule has 1 N–H and O–H groups in total. The molecule has 0 spiro atoms. The molecule has 0 saturated heterocycles. The molecule has 0 aliphatic heterocycles. The van der Waals surface area contributed by atoms with Crippen molar-refractivity contribution in [1.29, 1.82) is 0 Å². The molecule has 1 aromatic heterocycles. The number of unbranched alkanes of at least 4 members (excludes halogenated alkanes) is 3. The molecule has 0 bridgehead atoms. The van der Waals surface area contributed by atoms with E-state index >= 15 is 0 Å². The maximum absolute atomic E-state index is 12.8. The number of benzene rings is 1. The maximum atomic E-state index is 12.8.